The van der Waals surface area contributed by atoms with Crippen LogP contribution in [0.4, 0.5) is 5.95 Å². The van der Waals surface area contributed by atoms with Crippen molar-refractivity contribution < 1.29 is 0 Å². The quantitative estimate of drug-likeness (QED) is 0.411. The molecular weight excluding hydrogens is 388 g/mol. The van der Waals surface area contributed by atoms with Crippen molar-refractivity contribution in [2.24, 2.45) is 0 Å². The molecule has 0 aliphatic carbocycles. The van der Waals surface area contributed by atoms with E-state index in [0.29, 0.717) is 5.95 Å². The maximum absolute atomic E-state index is 4.78. The average Bonchev–Trinajstić information content (AvgIpc) is 3.49. The lowest BCUT2D eigenvalue weighted by Crippen LogP contribution is -2.11. The number of hydrogen-bond donors (Lipinski definition) is 2. The van der Waals surface area contributed by atoms with Gasteiger partial charge in [-0.3, -0.25) is 0 Å². The number of aromatic nitrogens is 5. The summed E-state index contributed by atoms with van der Waals surface area (Å²) in [7, 11) is 0. The van der Waals surface area contributed by atoms with Gasteiger partial charge in [-0.2, -0.15) is 0 Å². The molecule has 4 heterocycles. The van der Waals surface area contributed by atoms with Crippen molar-refractivity contribution in [1.82, 2.24) is 24.9 Å². The Morgan fingerprint density at radius 1 is 1.00 bits per heavy atom. The van der Waals surface area contributed by atoms with Gasteiger partial charge in [-0.05, 0) is 30.5 Å². The van der Waals surface area contributed by atoms with Crippen LogP contribution in [0.15, 0.2) is 59.6 Å². The van der Waals surface area contributed by atoms with Crippen molar-refractivity contribution in [3.8, 4) is 21.1 Å². The molecule has 8 heteroatoms. The zero-order valence-corrected chi connectivity index (χ0v) is 16.6. The Bertz CT molecular complexity index is 1180. The number of rotatable bonds is 5. The maximum atomic E-state index is 4.78. The monoisotopic (exact) mass is 404 g/mol. The fourth-order valence-corrected chi connectivity index (χ4v) is 4.38. The topological polar surface area (TPSA) is 79.4 Å². The van der Waals surface area contributed by atoms with Crippen LogP contribution in [0.3, 0.4) is 0 Å². The van der Waals surface area contributed by atoms with Gasteiger partial charge in [0.05, 0.1) is 17.1 Å². The number of hydrogen-bond acceptors (Lipinski definition) is 7. The summed E-state index contributed by atoms with van der Waals surface area (Å²) in [4.78, 5) is 22.9. The van der Waals surface area contributed by atoms with E-state index >= 15 is 0 Å². The molecule has 1 atom stereocenters. The van der Waals surface area contributed by atoms with Crippen molar-refractivity contribution in [2.45, 2.75) is 13.0 Å². The summed E-state index contributed by atoms with van der Waals surface area (Å²) < 4.78 is 0. The van der Waals surface area contributed by atoms with Crippen LogP contribution in [0.5, 0.6) is 0 Å². The number of nitrogens with one attached hydrogen (secondary N) is 2. The molecule has 0 spiro atoms. The highest BCUT2D eigenvalue weighted by Gasteiger charge is 2.17. The highest BCUT2D eigenvalue weighted by molar-refractivity contribution is 7.14. The molecule has 0 amide bonds. The standard InChI is InChI=1S/C20H16N6S2/c1-12(18-24-14-5-2-3-6-15(14)25-18)23-20-22-11-13(16-7-4-9-27-16)17(26-20)19-21-8-10-28-19/h2-12H,1H3,(H,24,25)(H,22,23,26)/t12-/m1/s1. The third-order valence-corrected chi connectivity index (χ3v) is 6.06. The van der Waals surface area contributed by atoms with E-state index in [4.69, 9.17) is 4.98 Å². The molecule has 6 nitrogen and oxygen atoms in total. The highest BCUT2D eigenvalue weighted by Crippen LogP contribution is 2.34. The fraction of sp³-hybridized carbons (Fsp3) is 0.100. The number of nitrogens with zero attached hydrogens (tertiary/aromatic N) is 4. The van der Waals surface area contributed by atoms with Gasteiger partial charge in [0.15, 0.2) is 0 Å². The lowest BCUT2D eigenvalue weighted by Gasteiger charge is -2.13. The molecule has 28 heavy (non-hydrogen) atoms. The first-order chi connectivity index (χ1) is 13.8. The Morgan fingerprint density at radius 2 is 1.93 bits per heavy atom. The number of aromatic amines is 1. The third kappa shape index (κ3) is 3.17. The van der Waals surface area contributed by atoms with Crippen molar-refractivity contribution >= 4 is 39.7 Å². The molecule has 2 N–H and O–H groups in total. The predicted molar refractivity (Wildman–Crippen MR) is 115 cm³/mol. The third-order valence-electron chi connectivity index (χ3n) is 4.37. The fourth-order valence-electron chi connectivity index (χ4n) is 3.01. The van der Waals surface area contributed by atoms with Crippen LogP contribution in [0.2, 0.25) is 0 Å². The van der Waals surface area contributed by atoms with E-state index in [2.05, 4.69) is 36.7 Å². The van der Waals surface area contributed by atoms with Gasteiger partial charge in [-0.15, -0.1) is 22.7 Å². The minimum absolute atomic E-state index is 0.0656. The van der Waals surface area contributed by atoms with Crippen LogP contribution in [-0.4, -0.2) is 24.9 Å². The minimum atomic E-state index is -0.0656. The first kappa shape index (κ1) is 17.0. The average molecular weight is 405 g/mol. The van der Waals surface area contributed by atoms with E-state index in [1.807, 2.05) is 48.8 Å². The van der Waals surface area contributed by atoms with Gasteiger partial charge < -0.3 is 10.3 Å². The van der Waals surface area contributed by atoms with Gasteiger partial charge in [0, 0.05) is 28.2 Å². The molecule has 138 valence electrons. The second kappa shape index (κ2) is 7.14. The lowest BCUT2D eigenvalue weighted by atomic mass is 10.2. The van der Waals surface area contributed by atoms with E-state index in [-0.39, 0.29) is 6.04 Å². The first-order valence-electron chi connectivity index (χ1n) is 8.80. The molecule has 0 saturated carbocycles. The number of fused-ring (bicyclic) bond motifs is 1. The lowest BCUT2D eigenvalue weighted by molar-refractivity contribution is 0.800. The Hall–Kier alpha value is -3.10. The van der Waals surface area contributed by atoms with Gasteiger partial charge >= 0.3 is 0 Å². The van der Waals surface area contributed by atoms with Crippen LogP contribution in [0.1, 0.15) is 18.8 Å². The number of anilines is 1. The van der Waals surface area contributed by atoms with E-state index in [0.717, 1.165) is 38.0 Å². The molecule has 0 bridgehead atoms. The number of benzene rings is 1. The van der Waals surface area contributed by atoms with Crippen molar-refractivity contribution in [2.75, 3.05) is 5.32 Å². The summed E-state index contributed by atoms with van der Waals surface area (Å²) >= 11 is 3.24. The van der Waals surface area contributed by atoms with E-state index in [1.54, 1.807) is 28.9 Å². The van der Waals surface area contributed by atoms with Gasteiger partial charge in [0.1, 0.15) is 16.5 Å². The normalized spacial score (nSPS) is 12.3. The van der Waals surface area contributed by atoms with Gasteiger partial charge in [0.2, 0.25) is 5.95 Å². The predicted octanol–water partition coefficient (Wildman–Crippen LogP) is 5.38. The second-order valence-corrected chi connectivity index (χ2v) is 8.12. The Balaban J connectivity index is 1.49. The number of thiophene rings is 1. The smallest absolute Gasteiger partial charge is 0.223 e. The molecule has 5 aromatic rings. The van der Waals surface area contributed by atoms with Crippen molar-refractivity contribution in [3.63, 3.8) is 0 Å². The van der Waals surface area contributed by atoms with Crippen LogP contribution < -0.4 is 5.32 Å². The molecular formula is C20H16N6S2. The van der Waals surface area contributed by atoms with Crippen LogP contribution in [0, 0.1) is 0 Å². The van der Waals surface area contributed by atoms with Gasteiger partial charge in [0.25, 0.3) is 0 Å². The summed E-state index contributed by atoms with van der Waals surface area (Å²) in [6, 6.07) is 12.0. The summed E-state index contributed by atoms with van der Waals surface area (Å²) in [5.74, 6) is 1.40. The molecule has 0 saturated heterocycles. The van der Waals surface area contributed by atoms with Crippen LogP contribution >= 0.6 is 22.7 Å². The first-order valence-corrected chi connectivity index (χ1v) is 10.6. The minimum Gasteiger partial charge on any atom is -0.345 e. The molecule has 5 rings (SSSR count). The molecule has 0 radical (unpaired) electrons. The molecule has 0 fully saturated rings. The largest absolute Gasteiger partial charge is 0.345 e. The number of para-hydroxylation sites is 2. The molecule has 0 aliphatic heterocycles. The Labute approximate surface area is 169 Å². The van der Waals surface area contributed by atoms with E-state index in [9.17, 15) is 0 Å². The maximum Gasteiger partial charge on any atom is 0.223 e. The van der Waals surface area contributed by atoms with Crippen molar-refractivity contribution in [3.05, 3.63) is 65.4 Å². The molecule has 1 aromatic carbocycles. The summed E-state index contributed by atoms with van der Waals surface area (Å²) in [6.07, 6.45) is 3.66. The SMILES string of the molecule is C[C@@H](Nc1ncc(-c2cccs2)c(-c2nccs2)n1)c1nc2ccccc2[nH]1. The zero-order valence-electron chi connectivity index (χ0n) is 15.0. The van der Waals surface area contributed by atoms with Gasteiger partial charge in [-0.1, -0.05) is 18.2 Å². The molecule has 0 aliphatic rings. The van der Waals surface area contributed by atoms with Crippen LogP contribution in [0.25, 0.3) is 32.2 Å². The van der Waals surface area contributed by atoms with Gasteiger partial charge in [-0.25, -0.2) is 19.9 Å². The summed E-state index contributed by atoms with van der Waals surface area (Å²) in [5, 5.41) is 8.25. The number of thiazole rings is 1. The zero-order chi connectivity index (χ0) is 18.9. The second-order valence-electron chi connectivity index (χ2n) is 6.28. The van der Waals surface area contributed by atoms with E-state index < -0.39 is 0 Å². The number of imidazole rings is 1. The number of H-pyrrole nitrogens is 1. The van der Waals surface area contributed by atoms with E-state index in [1.165, 1.54) is 0 Å². The molecule has 4 aromatic heterocycles. The molecule has 0 unspecified atom stereocenters. The highest BCUT2D eigenvalue weighted by atomic mass is 32.1. The Morgan fingerprint density at radius 3 is 2.71 bits per heavy atom. The van der Waals surface area contributed by atoms with Crippen molar-refractivity contribution in [1.29, 1.82) is 0 Å². The van der Waals surface area contributed by atoms with Crippen LogP contribution in [-0.2, 0) is 0 Å². The Kier molecular flexibility index (Phi) is 4.34. The summed E-state index contributed by atoms with van der Waals surface area (Å²) in [6.45, 7) is 2.04. The summed E-state index contributed by atoms with van der Waals surface area (Å²) in [5.41, 5.74) is 3.80.